The number of aliphatic hydroxyl groups excluding tert-OH is 1. The van der Waals surface area contributed by atoms with Gasteiger partial charge in [0.25, 0.3) is 0 Å². The van der Waals surface area contributed by atoms with Crippen molar-refractivity contribution < 1.29 is 14.7 Å². The molecule has 0 aromatic rings. The Morgan fingerprint density at radius 3 is 2.31 bits per heavy atom. The second-order valence-electron chi connectivity index (χ2n) is 4.63. The van der Waals surface area contributed by atoms with Crippen LogP contribution in [0.4, 0.5) is 0 Å². The molecule has 0 aromatic carbocycles. The molecule has 0 aliphatic carbocycles. The number of carbonyl (C=O) groups excluding carboxylic acids is 2. The average Bonchev–Trinajstić information content (AvgIpc) is 2.24. The average molecular weight is 228 g/mol. The second-order valence-corrected chi connectivity index (χ2v) is 4.63. The van der Waals surface area contributed by atoms with E-state index in [1.807, 2.05) is 20.8 Å². The van der Waals surface area contributed by atoms with Gasteiger partial charge >= 0.3 is 11.8 Å². The van der Waals surface area contributed by atoms with Crippen molar-refractivity contribution in [1.82, 2.24) is 9.80 Å². The monoisotopic (exact) mass is 228 g/mol. The van der Waals surface area contributed by atoms with Crippen molar-refractivity contribution >= 4 is 11.8 Å². The molecule has 0 radical (unpaired) electrons. The van der Waals surface area contributed by atoms with E-state index < -0.39 is 11.8 Å². The van der Waals surface area contributed by atoms with Gasteiger partial charge in [-0.3, -0.25) is 9.59 Å². The van der Waals surface area contributed by atoms with Crippen molar-refractivity contribution in [3.05, 3.63) is 0 Å². The Bertz CT molecular complexity index is 278. The van der Waals surface area contributed by atoms with Crippen LogP contribution in [0.5, 0.6) is 0 Å². The summed E-state index contributed by atoms with van der Waals surface area (Å²) in [5, 5.41) is 8.92. The van der Waals surface area contributed by atoms with Crippen LogP contribution in [-0.2, 0) is 9.59 Å². The van der Waals surface area contributed by atoms with E-state index in [2.05, 4.69) is 0 Å². The van der Waals surface area contributed by atoms with Crippen LogP contribution in [0.25, 0.3) is 0 Å². The van der Waals surface area contributed by atoms with E-state index in [0.29, 0.717) is 19.6 Å². The van der Waals surface area contributed by atoms with Gasteiger partial charge in [-0.1, -0.05) is 6.92 Å². The summed E-state index contributed by atoms with van der Waals surface area (Å²) in [7, 11) is 0. The van der Waals surface area contributed by atoms with E-state index in [9.17, 15) is 9.59 Å². The van der Waals surface area contributed by atoms with Crippen LogP contribution < -0.4 is 0 Å². The van der Waals surface area contributed by atoms with E-state index >= 15 is 0 Å². The van der Waals surface area contributed by atoms with Crippen LogP contribution in [0.1, 0.15) is 20.8 Å². The lowest BCUT2D eigenvalue weighted by Gasteiger charge is -2.36. The highest BCUT2D eigenvalue weighted by molar-refractivity contribution is 6.35. The normalized spacial score (nSPS) is 19.6. The Labute approximate surface area is 96.0 Å². The molecule has 1 heterocycles. The van der Waals surface area contributed by atoms with Gasteiger partial charge in [-0.15, -0.1) is 0 Å². The highest BCUT2D eigenvalue weighted by Crippen LogP contribution is 2.10. The summed E-state index contributed by atoms with van der Waals surface area (Å²) in [4.78, 5) is 26.6. The van der Waals surface area contributed by atoms with Crippen LogP contribution in [0.3, 0.4) is 0 Å². The van der Waals surface area contributed by atoms with E-state index in [4.69, 9.17) is 5.11 Å². The predicted molar refractivity (Wildman–Crippen MR) is 59.7 cm³/mol. The topological polar surface area (TPSA) is 60.9 Å². The zero-order chi connectivity index (χ0) is 12.3. The fourth-order valence-electron chi connectivity index (χ4n) is 1.79. The second kappa shape index (κ2) is 5.30. The summed E-state index contributed by atoms with van der Waals surface area (Å²) < 4.78 is 0. The quantitative estimate of drug-likeness (QED) is 0.672. The molecule has 0 bridgehead atoms. The van der Waals surface area contributed by atoms with Gasteiger partial charge in [-0.25, -0.2) is 0 Å². The van der Waals surface area contributed by atoms with Crippen LogP contribution in [0.15, 0.2) is 0 Å². The maximum Gasteiger partial charge on any atom is 0.312 e. The third-order valence-electron chi connectivity index (χ3n) is 2.81. The van der Waals surface area contributed by atoms with E-state index in [1.54, 1.807) is 4.90 Å². The lowest BCUT2D eigenvalue weighted by atomic mass is 10.1. The number of hydrogen-bond donors (Lipinski definition) is 1. The molecule has 5 heteroatoms. The zero-order valence-corrected chi connectivity index (χ0v) is 10.1. The minimum absolute atomic E-state index is 0.0161. The molecule has 16 heavy (non-hydrogen) atoms. The summed E-state index contributed by atoms with van der Waals surface area (Å²) in [6, 6.07) is 0.0638. The fourth-order valence-corrected chi connectivity index (χ4v) is 1.79. The van der Waals surface area contributed by atoms with Gasteiger partial charge in [0, 0.05) is 32.3 Å². The Morgan fingerprint density at radius 2 is 1.81 bits per heavy atom. The molecule has 1 fully saturated rings. The van der Waals surface area contributed by atoms with Gasteiger partial charge < -0.3 is 14.9 Å². The number of hydrogen-bond acceptors (Lipinski definition) is 3. The molecule has 1 aliphatic heterocycles. The molecule has 1 aliphatic rings. The SMILES string of the molecule is CC(CO)CN1CCN(C(C)C)C(=O)C1=O. The first-order valence-corrected chi connectivity index (χ1v) is 5.68. The summed E-state index contributed by atoms with van der Waals surface area (Å²) in [6.07, 6.45) is 0. The molecular weight excluding hydrogens is 208 g/mol. The first-order chi connectivity index (χ1) is 7.47. The van der Waals surface area contributed by atoms with Crippen molar-refractivity contribution in [3.63, 3.8) is 0 Å². The molecular formula is C11H20N2O3. The van der Waals surface area contributed by atoms with Crippen molar-refractivity contribution in [1.29, 1.82) is 0 Å². The molecule has 1 atom stereocenters. The molecule has 1 unspecified atom stereocenters. The van der Waals surface area contributed by atoms with Gasteiger partial charge in [-0.05, 0) is 19.8 Å². The molecule has 0 aromatic heterocycles. The van der Waals surface area contributed by atoms with Gasteiger partial charge in [0.05, 0.1) is 0 Å². The molecule has 1 N–H and O–H groups in total. The van der Waals surface area contributed by atoms with E-state index in [-0.39, 0.29) is 18.6 Å². The smallest absolute Gasteiger partial charge is 0.312 e. The Hall–Kier alpha value is -1.10. The maximum absolute atomic E-state index is 11.7. The first kappa shape index (κ1) is 13.0. The van der Waals surface area contributed by atoms with Crippen LogP contribution in [0, 0.1) is 5.92 Å². The van der Waals surface area contributed by atoms with Gasteiger partial charge in [-0.2, -0.15) is 0 Å². The van der Waals surface area contributed by atoms with Crippen LogP contribution >= 0.6 is 0 Å². The predicted octanol–water partition coefficient (Wildman–Crippen LogP) is -0.306. The molecule has 0 spiro atoms. The molecule has 92 valence electrons. The van der Waals surface area contributed by atoms with Crippen molar-refractivity contribution in [2.24, 2.45) is 5.92 Å². The molecule has 5 nitrogen and oxygen atoms in total. The maximum atomic E-state index is 11.7. The molecule has 1 rings (SSSR count). The molecule has 2 amide bonds. The third kappa shape index (κ3) is 2.72. The van der Waals surface area contributed by atoms with Crippen LogP contribution in [0.2, 0.25) is 0 Å². The van der Waals surface area contributed by atoms with Gasteiger partial charge in [0.1, 0.15) is 0 Å². The molecule has 0 saturated carbocycles. The molecule has 1 saturated heterocycles. The van der Waals surface area contributed by atoms with Gasteiger partial charge in [0.2, 0.25) is 0 Å². The minimum Gasteiger partial charge on any atom is -0.396 e. The summed E-state index contributed by atoms with van der Waals surface area (Å²) in [6.45, 7) is 7.29. The van der Waals surface area contributed by atoms with Crippen molar-refractivity contribution in [3.8, 4) is 0 Å². The Kier molecular flexibility index (Phi) is 4.29. The highest BCUT2D eigenvalue weighted by Gasteiger charge is 2.33. The standard InChI is InChI=1S/C11H20N2O3/c1-8(2)13-5-4-12(6-9(3)7-14)10(15)11(13)16/h8-9,14H,4-7H2,1-3H3. The third-order valence-corrected chi connectivity index (χ3v) is 2.81. The first-order valence-electron chi connectivity index (χ1n) is 5.68. The summed E-state index contributed by atoms with van der Waals surface area (Å²) >= 11 is 0. The number of amides is 2. The number of rotatable bonds is 4. The highest BCUT2D eigenvalue weighted by atomic mass is 16.3. The Balaban J connectivity index is 2.62. The number of piperazine rings is 1. The van der Waals surface area contributed by atoms with E-state index in [0.717, 1.165) is 0 Å². The fraction of sp³-hybridized carbons (Fsp3) is 0.818. The summed E-state index contributed by atoms with van der Waals surface area (Å²) in [5.41, 5.74) is 0. The number of nitrogens with zero attached hydrogens (tertiary/aromatic N) is 2. The lowest BCUT2D eigenvalue weighted by molar-refractivity contribution is -0.157. The van der Waals surface area contributed by atoms with Crippen molar-refractivity contribution in [2.75, 3.05) is 26.2 Å². The zero-order valence-electron chi connectivity index (χ0n) is 10.1. The van der Waals surface area contributed by atoms with Crippen molar-refractivity contribution in [2.45, 2.75) is 26.8 Å². The van der Waals surface area contributed by atoms with Crippen LogP contribution in [-0.4, -0.2) is 59.0 Å². The Morgan fingerprint density at radius 1 is 1.19 bits per heavy atom. The number of aliphatic hydroxyl groups is 1. The number of carbonyl (C=O) groups is 2. The lowest BCUT2D eigenvalue weighted by Crippen LogP contribution is -2.57. The minimum atomic E-state index is -0.444. The van der Waals surface area contributed by atoms with Gasteiger partial charge in [0.15, 0.2) is 0 Å². The van der Waals surface area contributed by atoms with E-state index in [1.165, 1.54) is 4.90 Å². The summed E-state index contributed by atoms with van der Waals surface area (Å²) in [5.74, 6) is -0.853. The largest absolute Gasteiger partial charge is 0.396 e.